The predicted molar refractivity (Wildman–Crippen MR) is 90.2 cm³/mol. The first-order valence-electron chi connectivity index (χ1n) is 8.67. The van der Waals surface area contributed by atoms with Crippen LogP contribution >= 0.6 is 11.6 Å². The van der Waals surface area contributed by atoms with Crippen LogP contribution < -0.4 is 0 Å². The molecule has 0 N–H and O–H groups in total. The summed E-state index contributed by atoms with van der Waals surface area (Å²) in [7, 11) is 0. The highest BCUT2D eigenvalue weighted by Crippen LogP contribution is 2.30. The van der Waals surface area contributed by atoms with Crippen molar-refractivity contribution in [3.63, 3.8) is 0 Å². The molecule has 25 heavy (non-hydrogen) atoms. The summed E-state index contributed by atoms with van der Waals surface area (Å²) in [6.45, 7) is 2.03. The van der Waals surface area contributed by atoms with Crippen LogP contribution in [0.2, 0.25) is 5.02 Å². The van der Waals surface area contributed by atoms with Gasteiger partial charge < -0.3 is 4.90 Å². The Kier molecular flexibility index (Phi) is 5.58. The number of likely N-dealkylation sites (tertiary alicyclic amines) is 2. The summed E-state index contributed by atoms with van der Waals surface area (Å²) < 4.78 is 40.3. The largest absolute Gasteiger partial charge is 0.342 e. The van der Waals surface area contributed by atoms with Crippen molar-refractivity contribution in [2.24, 2.45) is 5.92 Å². The highest BCUT2D eigenvalue weighted by Gasteiger charge is 2.37. The van der Waals surface area contributed by atoms with Crippen molar-refractivity contribution < 1.29 is 18.0 Å². The molecular weight excluding hydrogens is 353 g/mol. The summed E-state index contributed by atoms with van der Waals surface area (Å²) in [4.78, 5) is 16.2. The first-order valence-corrected chi connectivity index (χ1v) is 9.05. The van der Waals surface area contributed by atoms with Crippen LogP contribution in [0.4, 0.5) is 13.2 Å². The van der Waals surface area contributed by atoms with Crippen molar-refractivity contribution in [1.82, 2.24) is 9.80 Å². The van der Waals surface area contributed by atoms with Gasteiger partial charge in [-0.3, -0.25) is 9.69 Å². The smallest absolute Gasteiger partial charge is 0.251 e. The molecule has 0 aromatic heterocycles. The zero-order chi connectivity index (χ0) is 18.0. The molecule has 138 valence electrons. The lowest BCUT2D eigenvalue weighted by atomic mass is 9.93. The van der Waals surface area contributed by atoms with Crippen molar-refractivity contribution >= 4 is 17.5 Å². The SMILES string of the molecule is O=C(C1CCN(Cc2c(F)cccc2Cl)CC1)N1CCC(F)(F)CC1. The van der Waals surface area contributed by atoms with Gasteiger partial charge in [0, 0.05) is 49.0 Å². The first-order chi connectivity index (χ1) is 11.9. The zero-order valence-electron chi connectivity index (χ0n) is 14.0. The molecule has 2 fully saturated rings. The van der Waals surface area contributed by atoms with Crippen molar-refractivity contribution in [2.45, 2.75) is 38.2 Å². The number of rotatable bonds is 3. The molecule has 2 aliphatic heterocycles. The zero-order valence-corrected chi connectivity index (χ0v) is 14.7. The molecule has 0 atom stereocenters. The Morgan fingerprint density at radius 2 is 1.80 bits per heavy atom. The van der Waals surface area contributed by atoms with Crippen LogP contribution in [0.3, 0.4) is 0 Å². The van der Waals surface area contributed by atoms with Crippen molar-refractivity contribution in [3.8, 4) is 0 Å². The minimum Gasteiger partial charge on any atom is -0.342 e. The van der Waals surface area contributed by atoms with E-state index in [1.165, 1.54) is 6.07 Å². The molecule has 2 heterocycles. The Morgan fingerprint density at radius 3 is 2.40 bits per heavy atom. The lowest BCUT2D eigenvalue weighted by molar-refractivity contribution is -0.143. The number of nitrogens with zero attached hydrogens (tertiary/aromatic N) is 2. The summed E-state index contributed by atoms with van der Waals surface area (Å²) in [6.07, 6.45) is 0.836. The summed E-state index contributed by atoms with van der Waals surface area (Å²) in [5.74, 6) is -3.10. The Morgan fingerprint density at radius 1 is 1.16 bits per heavy atom. The van der Waals surface area contributed by atoms with Crippen LogP contribution in [0, 0.1) is 11.7 Å². The van der Waals surface area contributed by atoms with Crippen LogP contribution in [0.1, 0.15) is 31.2 Å². The lowest BCUT2D eigenvalue weighted by Crippen LogP contribution is -2.47. The van der Waals surface area contributed by atoms with E-state index in [0.717, 1.165) is 0 Å². The van der Waals surface area contributed by atoms with Gasteiger partial charge in [0.15, 0.2) is 0 Å². The van der Waals surface area contributed by atoms with Gasteiger partial charge in [0.2, 0.25) is 5.91 Å². The number of hydrogen-bond acceptors (Lipinski definition) is 2. The molecule has 2 saturated heterocycles. The van der Waals surface area contributed by atoms with E-state index in [4.69, 9.17) is 11.6 Å². The molecule has 0 spiro atoms. The van der Waals surface area contributed by atoms with E-state index in [-0.39, 0.29) is 43.6 Å². The molecule has 3 rings (SSSR count). The van der Waals surface area contributed by atoms with Crippen LogP contribution in [0.25, 0.3) is 0 Å². The first kappa shape index (κ1) is 18.5. The predicted octanol–water partition coefficient (Wildman–Crippen LogP) is 3.95. The quantitative estimate of drug-likeness (QED) is 0.799. The maximum atomic E-state index is 13.9. The maximum absolute atomic E-state index is 13.9. The monoisotopic (exact) mass is 374 g/mol. The third-order valence-corrected chi connectivity index (χ3v) is 5.54. The van der Waals surface area contributed by atoms with E-state index >= 15 is 0 Å². The second kappa shape index (κ2) is 7.54. The van der Waals surface area contributed by atoms with Gasteiger partial charge in [0.05, 0.1) is 0 Å². The van der Waals surface area contributed by atoms with E-state index in [1.807, 2.05) is 0 Å². The fourth-order valence-corrected chi connectivity index (χ4v) is 3.78. The number of hydrogen-bond donors (Lipinski definition) is 0. The molecule has 0 saturated carbocycles. The molecule has 0 radical (unpaired) electrons. The molecule has 0 unspecified atom stereocenters. The molecule has 7 heteroatoms. The average Bonchev–Trinajstić information content (AvgIpc) is 2.58. The average molecular weight is 375 g/mol. The van der Waals surface area contributed by atoms with Crippen LogP contribution in [-0.4, -0.2) is 47.8 Å². The Hall–Kier alpha value is -1.27. The number of benzene rings is 1. The van der Waals surface area contributed by atoms with Crippen LogP contribution in [-0.2, 0) is 11.3 Å². The van der Waals surface area contributed by atoms with Gasteiger partial charge in [-0.1, -0.05) is 17.7 Å². The lowest BCUT2D eigenvalue weighted by Gasteiger charge is -2.37. The second-order valence-corrected chi connectivity index (χ2v) is 7.34. The number of amides is 1. The maximum Gasteiger partial charge on any atom is 0.251 e. The van der Waals surface area contributed by atoms with Gasteiger partial charge in [-0.25, -0.2) is 13.2 Å². The van der Waals surface area contributed by atoms with Crippen molar-refractivity contribution in [2.75, 3.05) is 26.2 Å². The van der Waals surface area contributed by atoms with E-state index in [2.05, 4.69) is 4.90 Å². The Balaban J connectivity index is 1.51. The number of carbonyl (C=O) groups is 1. The van der Waals surface area contributed by atoms with E-state index < -0.39 is 5.92 Å². The Labute approximate surface area is 150 Å². The van der Waals surface area contributed by atoms with Gasteiger partial charge in [0.1, 0.15) is 5.82 Å². The molecule has 0 bridgehead atoms. The number of halogens is 4. The summed E-state index contributed by atoms with van der Waals surface area (Å²) in [6, 6.07) is 4.64. The van der Waals surface area contributed by atoms with E-state index in [1.54, 1.807) is 17.0 Å². The molecule has 1 aromatic rings. The third kappa shape index (κ3) is 4.47. The topological polar surface area (TPSA) is 23.6 Å². The van der Waals surface area contributed by atoms with Gasteiger partial charge in [0.25, 0.3) is 5.92 Å². The number of alkyl halides is 2. The molecule has 1 amide bonds. The summed E-state index contributed by atoms with van der Waals surface area (Å²) in [5, 5.41) is 0.410. The van der Waals surface area contributed by atoms with Gasteiger partial charge >= 0.3 is 0 Å². The molecule has 3 nitrogen and oxygen atoms in total. The van der Waals surface area contributed by atoms with E-state index in [9.17, 15) is 18.0 Å². The van der Waals surface area contributed by atoms with Gasteiger partial charge in [-0.15, -0.1) is 0 Å². The molecular formula is C18H22ClF3N2O. The van der Waals surface area contributed by atoms with E-state index in [0.29, 0.717) is 43.1 Å². The fourth-order valence-electron chi connectivity index (χ4n) is 3.56. The standard InChI is InChI=1S/C18H22ClF3N2O/c19-15-2-1-3-16(20)14(15)12-23-8-4-13(5-9-23)17(25)24-10-6-18(21,22)7-11-24/h1-3,13H,4-12H2. The molecule has 1 aromatic carbocycles. The summed E-state index contributed by atoms with van der Waals surface area (Å²) >= 11 is 6.06. The van der Waals surface area contributed by atoms with Gasteiger partial charge in [-0.2, -0.15) is 0 Å². The van der Waals surface area contributed by atoms with Crippen molar-refractivity contribution in [1.29, 1.82) is 0 Å². The highest BCUT2D eigenvalue weighted by atomic mass is 35.5. The number of piperidine rings is 2. The van der Waals surface area contributed by atoms with Gasteiger partial charge in [-0.05, 0) is 38.1 Å². The number of carbonyl (C=O) groups excluding carboxylic acids is 1. The molecule has 2 aliphatic rings. The summed E-state index contributed by atoms with van der Waals surface area (Å²) in [5.41, 5.74) is 0.479. The minimum absolute atomic E-state index is 0.0147. The Bertz CT molecular complexity index is 602. The van der Waals surface area contributed by atoms with Crippen molar-refractivity contribution in [3.05, 3.63) is 34.6 Å². The minimum atomic E-state index is -2.64. The second-order valence-electron chi connectivity index (χ2n) is 6.93. The normalized spacial score (nSPS) is 22.2. The third-order valence-electron chi connectivity index (χ3n) is 5.19. The van der Waals surface area contributed by atoms with Crippen LogP contribution in [0.5, 0.6) is 0 Å². The fraction of sp³-hybridized carbons (Fsp3) is 0.611. The highest BCUT2D eigenvalue weighted by molar-refractivity contribution is 6.31. The molecule has 0 aliphatic carbocycles. The van der Waals surface area contributed by atoms with Crippen LogP contribution in [0.15, 0.2) is 18.2 Å².